The second kappa shape index (κ2) is 10.4. The molecule has 2 aromatic rings. The van der Waals surface area contributed by atoms with Gasteiger partial charge >= 0.3 is 5.97 Å². The van der Waals surface area contributed by atoms with Gasteiger partial charge in [0, 0.05) is 25.3 Å². The number of carboxylic acids is 1. The van der Waals surface area contributed by atoms with E-state index < -0.39 is 23.2 Å². The molecular formula is C21H21NO5S. The van der Waals surface area contributed by atoms with Crippen molar-refractivity contribution in [2.24, 2.45) is 0 Å². The zero-order chi connectivity index (χ0) is 20.5. The van der Waals surface area contributed by atoms with E-state index in [-0.39, 0.29) is 23.7 Å². The summed E-state index contributed by atoms with van der Waals surface area (Å²) in [5.74, 6) is -2.10. The third-order valence-electron chi connectivity index (χ3n) is 3.95. The Hall–Kier alpha value is -2.93. The molecule has 28 heavy (non-hydrogen) atoms. The van der Waals surface area contributed by atoms with Gasteiger partial charge < -0.3 is 10.4 Å². The Balaban J connectivity index is 2.07. The van der Waals surface area contributed by atoms with Crippen LogP contribution >= 0.6 is 11.8 Å². The van der Waals surface area contributed by atoms with Crippen LogP contribution in [0.5, 0.6) is 0 Å². The summed E-state index contributed by atoms with van der Waals surface area (Å²) in [7, 11) is 0. The molecule has 2 rings (SSSR count). The SMILES string of the molecule is CC(=O)SC(CC(=O)N[C@@H](Cc1ccccc1)C(=O)O)C(=O)c1ccccc1. The van der Waals surface area contributed by atoms with Crippen LogP contribution in [-0.4, -0.2) is 39.2 Å². The van der Waals surface area contributed by atoms with Gasteiger partial charge in [-0.3, -0.25) is 14.4 Å². The predicted molar refractivity (Wildman–Crippen MR) is 107 cm³/mol. The van der Waals surface area contributed by atoms with E-state index in [2.05, 4.69) is 5.32 Å². The highest BCUT2D eigenvalue weighted by Gasteiger charge is 2.28. The molecule has 2 atom stereocenters. The van der Waals surface area contributed by atoms with E-state index in [0.717, 1.165) is 17.3 Å². The first-order valence-electron chi connectivity index (χ1n) is 8.69. The second-order valence-electron chi connectivity index (χ2n) is 6.18. The number of carbonyl (C=O) groups is 4. The second-order valence-corrected chi connectivity index (χ2v) is 7.56. The summed E-state index contributed by atoms with van der Waals surface area (Å²) >= 11 is 0.774. The molecule has 0 aliphatic carbocycles. The van der Waals surface area contributed by atoms with Crippen LogP contribution in [0.15, 0.2) is 60.7 Å². The lowest BCUT2D eigenvalue weighted by molar-refractivity contribution is -0.141. The molecule has 7 heteroatoms. The standard InChI is InChI=1S/C21H21NO5S/c1-14(23)28-18(20(25)16-10-6-3-7-11-16)13-19(24)22-17(21(26)27)12-15-8-4-2-5-9-15/h2-11,17-18H,12-13H2,1H3,(H,22,24)(H,26,27)/t17-,18?/m0/s1. The van der Waals surface area contributed by atoms with Crippen LogP contribution in [-0.2, 0) is 20.8 Å². The lowest BCUT2D eigenvalue weighted by atomic mass is 10.0. The molecule has 0 bridgehead atoms. The molecule has 1 unspecified atom stereocenters. The molecule has 0 aromatic heterocycles. The molecular weight excluding hydrogens is 378 g/mol. The molecule has 2 N–H and O–H groups in total. The number of hydrogen-bond acceptors (Lipinski definition) is 5. The monoisotopic (exact) mass is 399 g/mol. The topological polar surface area (TPSA) is 101 Å². The number of Topliss-reactive ketones (excluding diaryl/α,β-unsaturated/α-hetero) is 1. The summed E-state index contributed by atoms with van der Waals surface area (Å²) in [4.78, 5) is 48.1. The van der Waals surface area contributed by atoms with Crippen molar-refractivity contribution in [2.75, 3.05) is 0 Å². The van der Waals surface area contributed by atoms with Crippen molar-refractivity contribution in [1.29, 1.82) is 0 Å². The van der Waals surface area contributed by atoms with Crippen LogP contribution in [0.2, 0.25) is 0 Å². The zero-order valence-corrected chi connectivity index (χ0v) is 16.1. The summed E-state index contributed by atoms with van der Waals surface area (Å²) in [6.07, 6.45) is -0.157. The van der Waals surface area contributed by atoms with E-state index in [1.807, 2.05) is 6.07 Å². The van der Waals surface area contributed by atoms with Gasteiger partial charge in [-0.25, -0.2) is 4.79 Å². The molecule has 146 valence electrons. The molecule has 6 nitrogen and oxygen atoms in total. The van der Waals surface area contributed by atoms with Crippen molar-refractivity contribution < 1.29 is 24.3 Å². The van der Waals surface area contributed by atoms with Crippen LogP contribution in [0.1, 0.15) is 29.3 Å². The minimum absolute atomic E-state index is 0.124. The average molecular weight is 399 g/mol. The highest BCUT2D eigenvalue weighted by molar-refractivity contribution is 8.14. The Morgan fingerprint density at radius 3 is 2.07 bits per heavy atom. The summed E-state index contributed by atoms with van der Waals surface area (Å²) in [6.45, 7) is 1.32. The van der Waals surface area contributed by atoms with E-state index in [9.17, 15) is 24.3 Å². The Morgan fingerprint density at radius 1 is 0.964 bits per heavy atom. The van der Waals surface area contributed by atoms with Crippen molar-refractivity contribution >= 4 is 34.5 Å². The number of thioether (sulfide) groups is 1. The highest BCUT2D eigenvalue weighted by Crippen LogP contribution is 2.21. The maximum absolute atomic E-state index is 12.7. The van der Waals surface area contributed by atoms with Gasteiger partial charge in [0.1, 0.15) is 6.04 Å². The molecule has 1 amide bonds. The molecule has 0 spiro atoms. The fraction of sp³-hybridized carbons (Fsp3) is 0.238. The van der Waals surface area contributed by atoms with Gasteiger partial charge in [0.15, 0.2) is 10.9 Å². The van der Waals surface area contributed by atoms with Gasteiger partial charge in [-0.15, -0.1) is 0 Å². The largest absolute Gasteiger partial charge is 0.480 e. The molecule has 0 aliphatic rings. The molecule has 0 aliphatic heterocycles. The maximum Gasteiger partial charge on any atom is 0.326 e. The van der Waals surface area contributed by atoms with E-state index >= 15 is 0 Å². The molecule has 0 saturated heterocycles. The smallest absolute Gasteiger partial charge is 0.326 e. The molecule has 2 aromatic carbocycles. The minimum Gasteiger partial charge on any atom is -0.480 e. The Labute approximate surface area is 167 Å². The highest BCUT2D eigenvalue weighted by atomic mass is 32.2. The molecule has 0 saturated carbocycles. The molecule has 0 radical (unpaired) electrons. The van der Waals surface area contributed by atoms with Crippen molar-refractivity contribution in [2.45, 2.75) is 31.1 Å². The van der Waals surface area contributed by atoms with Crippen LogP contribution in [0.25, 0.3) is 0 Å². The molecule has 0 fully saturated rings. The summed E-state index contributed by atoms with van der Waals surface area (Å²) in [5, 5.41) is 10.7. The van der Waals surface area contributed by atoms with E-state index in [1.54, 1.807) is 54.6 Å². The van der Waals surface area contributed by atoms with Crippen LogP contribution < -0.4 is 5.32 Å². The van der Waals surface area contributed by atoms with Gasteiger partial charge in [-0.05, 0) is 5.56 Å². The van der Waals surface area contributed by atoms with Gasteiger partial charge in [0.2, 0.25) is 5.91 Å². The lowest BCUT2D eigenvalue weighted by Crippen LogP contribution is -2.43. The quantitative estimate of drug-likeness (QED) is 0.629. The number of hydrogen-bond donors (Lipinski definition) is 2. The number of carbonyl (C=O) groups excluding carboxylic acids is 3. The minimum atomic E-state index is -1.16. The van der Waals surface area contributed by atoms with E-state index in [1.165, 1.54) is 6.92 Å². The Kier molecular flexibility index (Phi) is 7.95. The Bertz CT molecular complexity index is 838. The van der Waals surface area contributed by atoms with Gasteiger partial charge in [0.25, 0.3) is 0 Å². The van der Waals surface area contributed by atoms with Crippen molar-refractivity contribution in [3.63, 3.8) is 0 Å². The van der Waals surface area contributed by atoms with Gasteiger partial charge in [-0.1, -0.05) is 72.4 Å². The predicted octanol–water partition coefficient (Wildman–Crippen LogP) is 2.72. The van der Waals surface area contributed by atoms with Crippen LogP contribution in [0, 0.1) is 0 Å². The van der Waals surface area contributed by atoms with Crippen molar-refractivity contribution in [1.82, 2.24) is 5.32 Å². The van der Waals surface area contributed by atoms with Crippen LogP contribution in [0.4, 0.5) is 0 Å². The van der Waals surface area contributed by atoms with Gasteiger partial charge in [-0.2, -0.15) is 0 Å². The number of nitrogens with one attached hydrogen (secondary N) is 1. The fourth-order valence-corrected chi connectivity index (χ4v) is 3.53. The fourth-order valence-electron chi connectivity index (χ4n) is 2.65. The van der Waals surface area contributed by atoms with Crippen molar-refractivity contribution in [3.8, 4) is 0 Å². The number of rotatable bonds is 9. The van der Waals surface area contributed by atoms with Crippen LogP contribution in [0.3, 0.4) is 0 Å². The Morgan fingerprint density at radius 2 is 1.54 bits per heavy atom. The van der Waals surface area contributed by atoms with Crippen molar-refractivity contribution in [3.05, 3.63) is 71.8 Å². The third kappa shape index (κ3) is 6.66. The normalized spacial score (nSPS) is 12.6. The summed E-state index contributed by atoms with van der Waals surface area (Å²) < 4.78 is 0. The number of benzene rings is 2. The number of aliphatic carboxylic acids is 1. The van der Waals surface area contributed by atoms with E-state index in [4.69, 9.17) is 0 Å². The van der Waals surface area contributed by atoms with Gasteiger partial charge in [0.05, 0.1) is 5.25 Å². The number of ketones is 1. The van der Waals surface area contributed by atoms with E-state index in [0.29, 0.717) is 5.56 Å². The molecule has 0 heterocycles. The first-order chi connectivity index (χ1) is 13.4. The first kappa shape index (κ1) is 21.4. The zero-order valence-electron chi connectivity index (χ0n) is 15.3. The summed E-state index contributed by atoms with van der Waals surface area (Å²) in [6, 6.07) is 16.2. The summed E-state index contributed by atoms with van der Waals surface area (Å²) in [5.41, 5.74) is 1.17. The maximum atomic E-state index is 12.7. The number of amides is 1. The third-order valence-corrected chi connectivity index (χ3v) is 4.94. The number of carboxylic acid groups (broad SMARTS) is 1. The average Bonchev–Trinajstić information content (AvgIpc) is 2.67. The first-order valence-corrected chi connectivity index (χ1v) is 9.57. The lowest BCUT2D eigenvalue weighted by Gasteiger charge is -2.18.